The van der Waals surface area contributed by atoms with Crippen LogP contribution in [0, 0.1) is 22.7 Å². The molecule has 0 bridgehead atoms. The highest BCUT2D eigenvalue weighted by Gasteiger charge is 2.50. The van der Waals surface area contributed by atoms with Crippen LogP contribution in [0.2, 0.25) is 0 Å². The van der Waals surface area contributed by atoms with Gasteiger partial charge in [-0.15, -0.1) is 11.6 Å². The van der Waals surface area contributed by atoms with E-state index in [-0.39, 0.29) is 5.57 Å². The molecule has 14 heavy (non-hydrogen) atoms. The predicted octanol–water partition coefficient (Wildman–Crippen LogP) is 0.697. The Balaban J connectivity index is 3.33. The van der Waals surface area contributed by atoms with Crippen LogP contribution < -0.4 is 0 Å². The van der Waals surface area contributed by atoms with Crippen molar-refractivity contribution in [1.82, 2.24) is 0 Å². The Bertz CT molecular complexity index is 430. The largest absolute Gasteiger partial charge is 0.292 e. The molecule has 0 amide bonds. The lowest BCUT2D eigenvalue weighted by Gasteiger charge is -2.24. The molecule has 0 N–H and O–H groups in total. The van der Waals surface area contributed by atoms with Crippen molar-refractivity contribution in [3.05, 3.63) is 11.6 Å². The summed E-state index contributed by atoms with van der Waals surface area (Å²) < 4.78 is 0. The Morgan fingerprint density at radius 2 is 2.00 bits per heavy atom. The second kappa shape index (κ2) is 3.42. The number of carbonyl (C=O) groups is 2. The zero-order valence-corrected chi connectivity index (χ0v) is 8.13. The van der Waals surface area contributed by atoms with E-state index < -0.39 is 21.8 Å². The number of halogens is 2. The number of ketones is 2. The molecule has 0 heterocycles. The van der Waals surface area contributed by atoms with E-state index in [0.29, 0.717) is 0 Å². The number of nitriles is 2. The van der Waals surface area contributed by atoms with E-state index in [1.807, 2.05) is 0 Å². The minimum absolute atomic E-state index is 0.374. The van der Waals surface area contributed by atoms with Gasteiger partial charge in [-0.1, -0.05) is 11.6 Å². The lowest BCUT2D eigenvalue weighted by atomic mass is 9.87. The van der Waals surface area contributed by atoms with Crippen molar-refractivity contribution in [2.45, 2.75) is 10.3 Å². The molecule has 1 aliphatic carbocycles. The van der Waals surface area contributed by atoms with Crippen molar-refractivity contribution < 1.29 is 9.59 Å². The van der Waals surface area contributed by atoms with Gasteiger partial charge in [0.25, 0.3) is 0 Å². The molecular formula is C8H2Cl2N2O2. The molecule has 1 aliphatic rings. The van der Waals surface area contributed by atoms with Gasteiger partial charge in [-0.3, -0.25) is 9.59 Å². The van der Waals surface area contributed by atoms with Gasteiger partial charge in [0.1, 0.15) is 17.0 Å². The third-order valence-electron chi connectivity index (χ3n) is 1.76. The van der Waals surface area contributed by atoms with E-state index in [9.17, 15) is 9.59 Å². The second-order valence-electron chi connectivity index (χ2n) is 2.58. The molecule has 2 unspecified atom stereocenters. The van der Waals surface area contributed by atoms with Gasteiger partial charge in [-0.25, -0.2) is 0 Å². The third-order valence-corrected chi connectivity index (χ3v) is 2.89. The van der Waals surface area contributed by atoms with Gasteiger partial charge < -0.3 is 0 Å². The first kappa shape index (κ1) is 10.7. The van der Waals surface area contributed by atoms with Crippen LogP contribution in [-0.2, 0) is 9.59 Å². The number of hydrogen-bond acceptors (Lipinski definition) is 4. The zero-order valence-electron chi connectivity index (χ0n) is 6.62. The first-order chi connectivity index (χ1) is 6.47. The maximum absolute atomic E-state index is 11.3. The monoisotopic (exact) mass is 228 g/mol. The van der Waals surface area contributed by atoms with Gasteiger partial charge in [-0.2, -0.15) is 10.5 Å². The van der Waals surface area contributed by atoms with Crippen molar-refractivity contribution in [2.75, 3.05) is 0 Å². The maximum Gasteiger partial charge on any atom is 0.216 e. The summed E-state index contributed by atoms with van der Waals surface area (Å²) >= 11 is 11.1. The summed E-state index contributed by atoms with van der Waals surface area (Å²) in [6.07, 6.45) is 0.747. The quantitative estimate of drug-likeness (QED) is 0.572. The smallest absolute Gasteiger partial charge is 0.216 e. The van der Waals surface area contributed by atoms with Crippen molar-refractivity contribution in [3.63, 3.8) is 0 Å². The lowest BCUT2D eigenvalue weighted by molar-refractivity contribution is -0.122. The highest BCUT2D eigenvalue weighted by molar-refractivity contribution is 6.52. The van der Waals surface area contributed by atoms with Gasteiger partial charge in [-0.05, 0) is 0 Å². The van der Waals surface area contributed by atoms with Crippen LogP contribution in [0.15, 0.2) is 11.6 Å². The van der Waals surface area contributed by atoms with Gasteiger partial charge in [0.15, 0.2) is 11.6 Å². The standard InChI is InChI=1S/C8H2Cl2N2O2/c9-7-6(14)4(2-11)1-5(13)8(7,10)3-12/h1,7H. The molecule has 0 saturated heterocycles. The maximum atomic E-state index is 11.3. The molecular weight excluding hydrogens is 227 g/mol. The molecule has 0 fully saturated rings. The first-order valence-electron chi connectivity index (χ1n) is 3.42. The molecule has 4 nitrogen and oxygen atoms in total. The molecule has 0 saturated carbocycles. The minimum atomic E-state index is -2.08. The number of Topliss-reactive ketones (excluding diaryl/α,β-unsaturated/α-hetero) is 1. The van der Waals surface area contributed by atoms with Gasteiger partial charge in [0.05, 0.1) is 6.07 Å². The van der Waals surface area contributed by atoms with Gasteiger partial charge >= 0.3 is 0 Å². The van der Waals surface area contributed by atoms with Crippen LogP contribution in [-0.4, -0.2) is 21.8 Å². The number of hydrogen-bond donors (Lipinski definition) is 0. The Morgan fingerprint density at radius 3 is 2.43 bits per heavy atom. The van der Waals surface area contributed by atoms with Gasteiger partial charge in [0.2, 0.25) is 4.87 Å². The second-order valence-corrected chi connectivity index (χ2v) is 3.62. The summed E-state index contributed by atoms with van der Waals surface area (Å²) in [6.45, 7) is 0. The molecule has 0 spiro atoms. The first-order valence-corrected chi connectivity index (χ1v) is 4.23. The Hall–Kier alpha value is -1.36. The van der Waals surface area contributed by atoms with Crippen LogP contribution in [0.5, 0.6) is 0 Å². The van der Waals surface area contributed by atoms with E-state index >= 15 is 0 Å². The summed E-state index contributed by atoms with van der Waals surface area (Å²) in [7, 11) is 0. The van der Waals surface area contributed by atoms with Crippen molar-refractivity contribution in [3.8, 4) is 12.1 Å². The molecule has 0 aromatic carbocycles. The van der Waals surface area contributed by atoms with Gasteiger partial charge in [0, 0.05) is 6.08 Å². The molecule has 6 heteroatoms. The average Bonchev–Trinajstić information content (AvgIpc) is 2.20. The Morgan fingerprint density at radius 1 is 1.43 bits per heavy atom. The van der Waals surface area contributed by atoms with Crippen LogP contribution in [0.1, 0.15) is 0 Å². The minimum Gasteiger partial charge on any atom is -0.292 e. The van der Waals surface area contributed by atoms with Crippen LogP contribution >= 0.6 is 23.2 Å². The van der Waals surface area contributed by atoms with Crippen LogP contribution in [0.4, 0.5) is 0 Å². The van der Waals surface area contributed by atoms with Crippen molar-refractivity contribution in [2.24, 2.45) is 0 Å². The van der Waals surface area contributed by atoms with Crippen molar-refractivity contribution >= 4 is 34.8 Å². The number of nitrogens with zero attached hydrogens (tertiary/aromatic N) is 2. The van der Waals surface area contributed by atoms with Crippen LogP contribution in [0.25, 0.3) is 0 Å². The Labute approximate surface area is 89.3 Å². The predicted molar refractivity (Wildman–Crippen MR) is 47.5 cm³/mol. The molecule has 70 valence electrons. The topological polar surface area (TPSA) is 81.7 Å². The fourth-order valence-electron chi connectivity index (χ4n) is 0.948. The van der Waals surface area contributed by atoms with E-state index in [4.69, 9.17) is 33.7 Å². The summed E-state index contributed by atoms with van der Waals surface area (Å²) in [5.41, 5.74) is -0.374. The highest BCUT2D eigenvalue weighted by atomic mass is 35.5. The number of carbonyl (C=O) groups excluding carboxylic acids is 2. The summed E-state index contributed by atoms with van der Waals surface area (Å²) in [4.78, 5) is 20.4. The highest BCUT2D eigenvalue weighted by Crippen LogP contribution is 2.32. The average molecular weight is 229 g/mol. The summed E-state index contributed by atoms with van der Waals surface area (Å²) in [5.74, 6) is -1.64. The normalized spacial score (nSPS) is 31.7. The number of rotatable bonds is 0. The lowest BCUT2D eigenvalue weighted by Crippen LogP contribution is -2.47. The van der Waals surface area contributed by atoms with E-state index in [1.165, 1.54) is 12.1 Å². The third kappa shape index (κ3) is 1.29. The fourth-order valence-corrected chi connectivity index (χ4v) is 1.38. The molecule has 0 aromatic rings. The number of alkyl halides is 2. The Kier molecular flexibility index (Phi) is 2.62. The number of allylic oxidation sites excluding steroid dienone is 2. The van der Waals surface area contributed by atoms with E-state index in [2.05, 4.69) is 0 Å². The van der Waals surface area contributed by atoms with Crippen LogP contribution in [0.3, 0.4) is 0 Å². The fraction of sp³-hybridized carbons (Fsp3) is 0.250. The molecule has 0 aromatic heterocycles. The summed E-state index contributed by atoms with van der Waals surface area (Å²) in [5, 5.41) is 15.6. The molecule has 1 rings (SSSR count). The SMILES string of the molecule is N#CC1=CC(=O)C(Cl)(C#N)C(Cl)C1=O. The molecule has 2 atom stereocenters. The molecule has 0 aliphatic heterocycles. The molecule has 0 radical (unpaired) electrons. The summed E-state index contributed by atoms with van der Waals surface area (Å²) in [6, 6.07) is 2.98. The van der Waals surface area contributed by atoms with E-state index in [1.54, 1.807) is 0 Å². The van der Waals surface area contributed by atoms with E-state index in [0.717, 1.165) is 6.08 Å². The van der Waals surface area contributed by atoms with Crippen molar-refractivity contribution in [1.29, 1.82) is 10.5 Å². The zero-order chi connectivity index (χ0) is 10.9.